The Morgan fingerprint density at radius 3 is 2.54 bits per heavy atom. The van der Waals surface area contributed by atoms with Crippen molar-refractivity contribution in [3.05, 3.63) is 58.9 Å². The topological polar surface area (TPSA) is 75.7 Å². The average Bonchev–Trinajstić information content (AvgIpc) is 3.10. The summed E-state index contributed by atoms with van der Waals surface area (Å²) in [4.78, 5) is 37.9. The summed E-state index contributed by atoms with van der Waals surface area (Å²) < 4.78 is 18.2. The highest BCUT2D eigenvalue weighted by Gasteiger charge is 2.23. The standard InChI is InChI=1S/C20H18ClFN2O4/c1-12(19(26)23-17-9-6-14(22)11-16(17)21)28-20(27)13-4-7-15(8-5-13)24-10-2-3-18(24)25/h4-9,11-12H,2-3,10H2,1H3,(H,23,26)/t12-/m1/s1. The summed E-state index contributed by atoms with van der Waals surface area (Å²) in [6.45, 7) is 2.08. The van der Waals surface area contributed by atoms with Crippen LogP contribution < -0.4 is 10.2 Å². The summed E-state index contributed by atoms with van der Waals surface area (Å²) in [6, 6.07) is 9.98. The second-order valence-corrected chi connectivity index (χ2v) is 6.76. The van der Waals surface area contributed by atoms with Crippen molar-refractivity contribution in [2.24, 2.45) is 0 Å². The number of carbonyl (C=O) groups excluding carboxylic acids is 3. The van der Waals surface area contributed by atoms with Gasteiger partial charge in [0.25, 0.3) is 5.91 Å². The monoisotopic (exact) mass is 404 g/mol. The molecule has 1 aliphatic heterocycles. The number of nitrogens with zero attached hydrogens (tertiary/aromatic N) is 1. The third-order valence-electron chi connectivity index (χ3n) is 4.33. The molecule has 6 nitrogen and oxygen atoms in total. The minimum Gasteiger partial charge on any atom is -0.449 e. The predicted molar refractivity (Wildman–Crippen MR) is 103 cm³/mol. The van der Waals surface area contributed by atoms with Crippen molar-refractivity contribution in [2.45, 2.75) is 25.9 Å². The van der Waals surface area contributed by atoms with E-state index in [4.69, 9.17) is 16.3 Å². The van der Waals surface area contributed by atoms with E-state index in [0.29, 0.717) is 13.0 Å². The number of anilines is 2. The van der Waals surface area contributed by atoms with E-state index < -0.39 is 23.8 Å². The van der Waals surface area contributed by atoms with Crippen LogP contribution in [-0.2, 0) is 14.3 Å². The molecule has 3 rings (SSSR count). The van der Waals surface area contributed by atoms with Gasteiger partial charge in [0.2, 0.25) is 5.91 Å². The van der Waals surface area contributed by atoms with Crippen LogP contribution in [0, 0.1) is 5.82 Å². The van der Waals surface area contributed by atoms with Crippen molar-refractivity contribution >= 4 is 40.8 Å². The number of carbonyl (C=O) groups is 3. The molecule has 2 aromatic carbocycles. The van der Waals surface area contributed by atoms with E-state index in [0.717, 1.165) is 24.2 Å². The molecule has 0 radical (unpaired) electrons. The van der Waals surface area contributed by atoms with Crippen molar-refractivity contribution in [2.75, 3.05) is 16.8 Å². The maximum Gasteiger partial charge on any atom is 0.338 e. The zero-order chi connectivity index (χ0) is 20.3. The normalized spacial score (nSPS) is 14.7. The molecule has 146 valence electrons. The lowest BCUT2D eigenvalue weighted by molar-refractivity contribution is -0.123. The minimum atomic E-state index is -1.09. The SMILES string of the molecule is C[C@@H](OC(=O)c1ccc(N2CCCC2=O)cc1)C(=O)Nc1ccc(F)cc1Cl. The molecule has 0 aliphatic carbocycles. The highest BCUT2D eigenvalue weighted by molar-refractivity contribution is 6.33. The Balaban J connectivity index is 1.60. The second kappa shape index (κ2) is 8.39. The van der Waals surface area contributed by atoms with Gasteiger partial charge in [-0.05, 0) is 55.8 Å². The number of rotatable bonds is 5. The lowest BCUT2D eigenvalue weighted by atomic mass is 10.2. The first kappa shape index (κ1) is 19.8. The largest absolute Gasteiger partial charge is 0.449 e. The van der Waals surface area contributed by atoms with Gasteiger partial charge in [-0.15, -0.1) is 0 Å². The van der Waals surface area contributed by atoms with Crippen molar-refractivity contribution in [1.29, 1.82) is 0 Å². The molecule has 1 fully saturated rings. The van der Waals surface area contributed by atoms with Gasteiger partial charge >= 0.3 is 5.97 Å². The Kier molecular flexibility index (Phi) is 5.94. The number of esters is 1. The molecule has 2 aromatic rings. The number of halogens is 2. The molecule has 0 saturated carbocycles. The number of amides is 2. The van der Waals surface area contributed by atoms with Crippen LogP contribution in [0.15, 0.2) is 42.5 Å². The Morgan fingerprint density at radius 1 is 1.21 bits per heavy atom. The molecule has 0 aromatic heterocycles. The second-order valence-electron chi connectivity index (χ2n) is 6.36. The smallest absolute Gasteiger partial charge is 0.338 e. The van der Waals surface area contributed by atoms with E-state index in [9.17, 15) is 18.8 Å². The molecule has 28 heavy (non-hydrogen) atoms. The fourth-order valence-electron chi connectivity index (χ4n) is 2.81. The Hall–Kier alpha value is -2.93. The highest BCUT2D eigenvalue weighted by Crippen LogP contribution is 2.23. The summed E-state index contributed by atoms with van der Waals surface area (Å²) in [5.41, 5.74) is 1.20. The van der Waals surface area contributed by atoms with Gasteiger partial charge in [0.1, 0.15) is 5.82 Å². The van der Waals surface area contributed by atoms with Gasteiger partial charge in [0.05, 0.1) is 16.3 Å². The third-order valence-corrected chi connectivity index (χ3v) is 4.64. The van der Waals surface area contributed by atoms with Crippen molar-refractivity contribution in [3.63, 3.8) is 0 Å². The van der Waals surface area contributed by atoms with Gasteiger partial charge in [0.15, 0.2) is 6.10 Å². The van der Waals surface area contributed by atoms with Gasteiger partial charge in [0, 0.05) is 18.7 Å². The minimum absolute atomic E-state index is 0.0407. The number of hydrogen-bond donors (Lipinski definition) is 1. The summed E-state index contributed by atoms with van der Waals surface area (Å²) >= 11 is 5.87. The molecule has 2 amide bonds. The maximum absolute atomic E-state index is 13.1. The van der Waals surface area contributed by atoms with Crippen molar-refractivity contribution in [1.82, 2.24) is 0 Å². The molecule has 0 bridgehead atoms. The van der Waals surface area contributed by atoms with Crippen molar-refractivity contribution < 1.29 is 23.5 Å². The molecule has 1 atom stereocenters. The van der Waals surface area contributed by atoms with Crippen LogP contribution in [0.1, 0.15) is 30.1 Å². The Labute approximate surface area is 166 Å². The molecule has 1 aliphatic rings. The van der Waals surface area contributed by atoms with Crippen LogP contribution in [0.5, 0.6) is 0 Å². The van der Waals surface area contributed by atoms with Crippen LogP contribution >= 0.6 is 11.6 Å². The quantitative estimate of drug-likeness (QED) is 0.769. The van der Waals surface area contributed by atoms with E-state index in [1.807, 2.05) is 0 Å². The molecule has 8 heteroatoms. The van der Waals surface area contributed by atoms with Crippen LogP contribution in [-0.4, -0.2) is 30.4 Å². The summed E-state index contributed by atoms with van der Waals surface area (Å²) in [7, 11) is 0. The Bertz CT molecular complexity index is 917. The van der Waals surface area contributed by atoms with Gasteiger partial charge in [-0.2, -0.15) is 0 Å². The van der Waals surface area contributed by atoms with E-state index in [2.05, 4.69) is 5.32 Å². The van der Waals surface area contributed by atoms with Crippen molar-refractivity contribution in [3.8, 4) is 0 Å². The number of benzene rings is 2. The third kappa shape index (κ3) is 4.48. The molecule has 0 unspecified atom stereocenters. The van der Waals surface area contributed by atoms with E-state index in [1.165, 1.54) is 13.0 Å². The highest BCUT2D eigenvalue weighted by atomic mass is 35.5. The first-order valence-electron chi connectivity index (χ1n) is 8.72. The van der Waals surface area contributed by atoms with Gasteiger partial charge in [-0.25, -0.2) is 9.18 Å². The fraction of sp³-hybridized carbons (Fsp3) is 0.250. The first-order chi connectivity index (χ1) is 13.3. The van der Waals surface area contributed by atoms with E-state index in [-0.39, 0.29) is 22.2 Å². The summed E-state index contributed by atoms with van der Waals surface area (Å²) in [5.74, 6) is -1.74. The van der Waals surface area contributed by atoms with Crippen LogP contribution in [0.4, 0.5) is 15.8 Å². The average molecular weight is 405 g/mol. The lowest BCUT2D eigenvalue weighted by Gasteiger charge is -2.16. The molecule has 1 heterocycles. The number of hydrogen-bond acceptors (Lipinski definition) is 4. The summed E-state index contributed by atoms with van der Waals surface area (Å²) in [5, 5.41) is 2.53. The van der Waals surface area contributed by atoms with E-state index in [1.54, 1.807) is 29.2 Å². The zero-order valence-corrected chi connectivity index (χ0v) is 15.8. The van der Waals surface area contributed by atoms with Gasteiger partial charge in [-0.1, -0.05) is 11.6 Å². The fourth-order valence-corrected chi connectivity index (χ4v) is 3.02. The maximum atomic E-state index is 13.1. The van der Waals surface area contributed by atoms with Gasteiger partial charge in [-0.3, -0.25) is 9.59 Å². The Morgan fingerprint density at radius 2 is 1.93 bits per heavy atom. The first-order valence-corrected chi connectivity index (χ1v) is 9.10. The van der Waals surface area contributed by atoms with Crippen LogP contribution in [0.3, 0.4) is 0 Å². The lowest BCUT2D eigenvalue weighted by Crippen LogP contribution is -2.30. The molecule has 1 N–H and O–H groups in total. The van der Waals surface area contributed by atoms with Gasteiger partial charge < -0.3 is 15.0 Å². The zero-order valence-electron chi connectivity index (χ0n) is 15.1. The molecular weight excluding hydrogens is 387 g/mol. The predicted octanol–water partition coefficient (Wildman–Crippen LogP) is 3.79. The van der Waals surface area contributed by atoms with Crippen LogP contribution in [0.25, 0.3) is 0 Å². The number of ether oxygens (including phenoxy) is 1. The van der Waals surface area contributed by atoms with Crippen LogP contribution in [0.2, 0.25) is 5.02 Å². The molecular formula is C20H18ClFN2O4. The summed E-state index contributed by atoms with van der Waals surface area (Å²) in [6.07, 6.45) is 0.246. The van der Waals surface area contributed by atoms with E-state index >= 15 is 0 Å². The molecule has 1 saturated heterocycles. The molecule has 0 spiro atoms. The number of nitrogens with one attached hydrogen (secondary N) is 1.